The van der Waals surface area contributed by atoms with E-state index >= 15 is 0 Å². The van der Waals surface area contributed by atoms with Crippen LogP contribution >= 0.6 is 35.8 Å². The number of nitrogens with one attached hydrogen (secondary N) is 1. The van der Waals surface area contributed by atoms with Crippen LogP contribution in [-0.2, 0) is 9.53 Å². The first kappa shape index (κ1) is 31.6. The number of nitrogens with zero attached hydrogens (tertiary/aromatic N) is 7. The summed E-state index contributed by atoms with van der Waals surface area (Å²) in [5, 5.41) is 4.45. The molecule has 1 spiro atoms. The van der Waals surface area contributed by atoms with Crippen molar-refractivity contribution < 1.29 is 9.53 Å². The van der Waals surface area contributed by atoms with Gasteiger partial charge in [0.15, 0.2) is 5.82 Å². The van der Waals surface area contributed by atoms with E-state index in [1.165, 1.54) is 11.8 Å². The third-order valence-electron chi connectivity index (χ3n) is 8.85. The standard InChI is InChI=1S/C29H36ClN9O2S.ClH/c1-18(40)20-5-11-39(12-6-20)28-33-10-4-22(37-28)36-27-25(30)21(3-9-32-27)42-24-16-34-23(15-35-24)38-13-7-29(8-14-38)17-41-19(2)26(29)31;/h3-4,9-10,15-16,19-20,26H,5-8,11-14,17,31H2,1-2H3,(H,32,33,36,37);1H/t19-,26+;/m0./s1. The molecule has 43 heavy (non-hydrogen) atoms. The van der Waals surface area contributed by atoms with Crippen LogP contribution in [0.3, 0.4) is 0 Å². The molecule has 0 amide bonds. The van der Waals surface area contributed by atoms with E-state index in [0.717, 1.165) is 74.2 Å². The Balaban J connectivity index is 0.00000368. The number of anilines is 4. The number of nitrogens with two attached hydrogens (primary N) is 1. The number of ether oxygens (including phenoxy) is 1. The van der Waals surface area contributed by atoms with Gasteiger partial charge in [-0.2, -0.15) is 4.98 Å². The highest BCUT2D eigenvalue weighted by molar-refractivity contribution is 7.99. The Bertz CT molecular complexity index is 1420. The summed E-state index contributed by atoms with van der Waals surface area (Å²) in [4.78, 5) is 39.8. The van der Waals surface area contributed by atoms with Crippen molar-refractivity contribution in [2.45, 2.75) is 61.6 Å². The molecule has 230 valence electrons. The summed E-state index contributed by atoms with van der Waals surface area (Å²) < 4.78 is 5.85. The highest BCUT2D eigenvalue weighted by atomic mass is 35.5. The lowest BCUT2D eigenvalue weighted by molar-refractivity contribution is -0.121. The van der Waals surface area contributed by atoms with Gasteiger partial charge in [0.05, 0.1) is 30.1 Å². The summed E-state index contributed by atoms with van der Waals surface area (Å²) >= 11 is 8.20. The molecule has 11 nitrogen and oxygen atoms in total. The minimum absolute atomic E-state index is 0. The van der Waals surface area contributed by atoms with Crippen molar-refractivity contribution in [2.24, 2.45) is 17.1 Å². The monoisotopic (exact) mass is 645 g/mol. The topological polar surface area (TPSA) is 135 Å². The first-order valence-corrected chi connectivity index (χ1v) is 15.6. The lowest BCUT2D eigenvalue weighted by atomic mass is 9.73. The molecule has 14 heteroatoms. The van der Waals surface area contributed by atoms with Crippen LogP contribution in [0.1, 0.15) is 39.5 Å². The van der Waals surface area contributed by atoms with Crippen LogP contribution in [0.5, 0.6) is 0 Å². The number of halogens is 2. The Hall–Kier alpha value is -2.77. The van der Waals surface area contributed by atoms with E-state index in [-0.39, 0.29) is 41.7 Å². The SMILES string of the molecule is CC(=O)C1CCN(c2nccc(Nc3nccc(Sc4cnc(N5CCC6(CC5)CO[C@@H](C)[C@H]6N)cn4)c3Cl)n2)CC1.Cl. The molecular formula is C29H37Cl2N9O2S. The van der Waals surface area contributed by atoms with E-state index in [2.05, 4.69) is 42.0 Å². The molecule has 0 bridgehead atoms. The second kappa shape index (κ2) is 13.5. The molecule has 0 unspecified atom stereocenters. The molecule has 3 N–H and O–H groups in total. The lowest BCUT2D eigenvalue weighted by Crippen LogP contribution is -2.50. The molecule has 0 saturated carbocycles. The van der Waals surface area contributed by atoms with Gasteiger partial charge in [-0.3, -0.25) is 4.79 Å². The van der Waals surface area contributed by atoms with Gasteiger partial charge in [0.1, 0.15) is 22.4 Å². The highest BCUT2D eigenvalue weighted by Gasteiger charge is 2.47. The van der Waals surface area contributed by atoms with Crippen molar-refractivity contribution in [3.05, 3.63) is 41.9 Å². The Labute approximate surface area is 267 Å². The summed E-state index contributed by atoms with van der Waals surface area (Å²) in [7, 11) is 0. The van der Waals surface area contributed by atoms with Crippen molar-refractivity contribution >= 4 is 65.0 Å². The molecule has 0 radical (unpaired) electrons. The van der Waals surface area contributed by atoms with Gasteiger partial charge in [-0.1, -0.05) is 23.4 Å². The predicted octanol–water partition coefficient (Wildman–Crippen LogP) is 4.77. The number of carbonyl (C=O) groups excluding carboxylic acids is 1. The smallest absolute Gasteiger partial charge is 0.227 e. The zero-order valence-electron chi connectivity index (χ0n) is 24.3. The number of piperidine rings is 2. The first-order chi connectivity index (χ1) is 20.3. The summed E-state index contributed by atoms with van der Waals surface area (Å²) in [5.74, 6) is 2.95. The zero-order valence-corrected chi connectivity index (χ0v) is 26.7. The second-order valence-corrected chi connectivity index (χ2v) is 12.9. The fourth-order valence-corrected chi connectivity index (χ4v) is 7.09. The van der Waals surface area contributed by atoms with Crippen LogP contribution < -0.4 is 20.9 Å². The van der Waals surface area contributed by atoms with Gasteiger partial charge in [0, 0.05) is 60.8 Å². The van der Waals surface area contributed by atoms with Crippen molar-refractivity contribution in [3.8, 4) is 0 Å². The fraction of sp³-hybridized carbons (Fsp3) is 0.517. The maximum absolute atomic E-state index is 11.7. The van der Waals surface area contributed by atoms with E-state index in [1.807, 2.05) is 12.3 Å². The normalized spacial score (nSPS) is 22.0. The summed E-state index contributed by atoms with van der Waals surface area (Å²) in [6.45, 7) is 7.75. The van der Waals surface area contributed by atoms with Crippen molar-refractivity contribution in [2.75, 3.05) is 47.9 Å². The Morgan fingerprint density at radius 1 is 1.07 bits per heavy atom. The maximum Gasteiger partial charge on any atom is 0.227 e. The summed E-state index contributed by atoms with van der Waals surface area (Å²) in [6.07, 6.45) is 10.8. The molecule has 3 aliphatic heterocycles. The van der Waals surface area contributed by atoms with E-state index < -0.39 is 0 Å². The number of aromatic nitrogens is 5. The van der Waals surface area contributed by atoms with Crippen molar-refractivity contribution in [3.63, 3.8) is 0 Å². The average molecular weight is 647 g/mol. The van der Waals surface area contributed by atoms with Crippen LogP contribution in [0.15, 0.2) is 46.8 Å². The summed E-state index contributed by atoms with van der Waals surface area (Å²) in [5.41, 5.74) is 6.54. The number of hydrogen-bond acceptors (Lipinski definition) is 12. The minimum atomic E-state index is 0. The van der Waals surface area contributed by atoms with Crippen LogP contribution in [0.25, 0.3) is 0 Å². The zero-order chi connectivity index (χ0) is 29.3. The second-order valence-electron chi connectivity index (χ2n) is 11.4. The van der Waals surface area contributed by atoms with Crippen molar-refractivity contribution in [1.82, 2.24) is 24.9 Å². The molecular weight excluding hydrogens is 609 g/mol. The number of ketones is 1. The van der Waals surface area contributed by atoms with Gasteiger partial charge < -0.3 is 25.6 Å². The van der Waals surface area contributed by atoms with Crippen LogP contribution in [-0.4, -0.2) is 75.6 Å². The number of pyridine rings is 1. The molecule has 3 aliphatic rings. The number of hydrogen-bond donors (Lipinski definition) is 2. The first-order valence-electron chi connectivity index (χ1n) is 14.4. The van der Waals surface area contributed by atoms with E-state index in [0.29, 0.717) is 22.6 Å². The largest absolute Gasteiger partial charge is 0.376 e. The molecule has 3 fully saturated rings. The molecule has 0 aromatic carbocycles. The van der Waals surface area contributed by atoms with Crippen molar-refractivity contribution in [1.29, 1.82) is 0 Å². The predicted molar refractivity (Wildman–Crippen MR) is 171 cm³/mol. The highest BCUT2D eigenvalue weighted by Crippen LogP contribution is 2.42. The number of Topliss-reactive ketones (excluding diaryl/α,β-unsaturated/α-hetero) is 1. The Morgan fingerprint density at radius 2 is 1.81 bits per heavy atom. The third-order valence-corrected chi connectivity index (χ3v) is 10.3. The Kier molecular flexibility index (Phi) is 9.92. The van der Waals surface area contributed by atoms with Gasteiger partial charge in [-0.15, -0.1) is 12.4 Å². The van der Waals surface area contributed by atoms with Gasteiger partial charge in [0.25, 0.3) is 0 Å². The fourth-order valence-electron chi connectivity index (χ4n) is 6.06. The number of rotatable bonds is 7. The van der Waals surface area contributed by atoms with E-state index in [4.69, 9.17) is 27.1 Å². The van der Waals surface area contributed by atoms with Crippen LogP contribution in [0.4, 0.5) is 23.4 Å². The molecule has 3 aromatic heterocycles. The quantitative estimate of drug-likeness (QED) is 0.366. The average Bonchev–Trinajstić information content (AvgIpc) is 3.28. The van der Waals surface area contributed by atoms with E-state index in [9.17, 15) is 4.79 Å². The molecule has 2 atom stereocenters. The van der Waals surface area contributed by atoms with E-state index in [1.54, 1.807) is 31.6 Å². The third kappa shape index (κ3) is 6.83. The minimum Gasteiger partial charge on any atom is -0.376 e. The number of carbonyl (C=O) groups is 1. The van der Waals surface area contributed by atoms with Crippen LogP contribution in [0.2, 0.25) is 5.02 Å². The maximum atomic E-state index is 11.7. The molecule has 3 aromatic rings. The van der Waals surface area contributed by atoms with Gasteiger partial charge >= 0.3 is 0 Å². The lowest BCUT2D eigenvalue weighted by Gasteiger charge is -2.41. The summed E-state index contributed by atoms with van der Waals surface area (Å²) in [6, 6.07) is 3.72. The molecule has 6 heterocycles. The van der Waals surface area contributed by atoms with Gasteiger partial charge in [-0.25, -0.2) is 19.9 Å². The molecule has 3 saturated heterocycles. The molecule has 0 aliphatic carbocycles. The van der Waals surface area contributed by atoms with Gasteiger partial charge in [0.2, 0.25) is 5.95 Å². The molecule has 6 rings (SSSR count). The van der Waals surface area contributed by atoms with Gasteiger partial charge in [-0.05, 0) is 51.7 Å². The van der Waals surface area contributed by atoms with Crippen LogP contribution in [0, 0.1) is 11.3 Å². The Morgan fingerprint density at radius 3 is 2.47 bits per heavy atom.